The standard InChI is InChI=1S/C24H23ClN4O2/c1-12-21(27-14(3)22(12)26)11-19-18-10-16(7-8-20(18)29-24(19)31)23(30)28-13(2)15-5-4-6-17(25)9-15/h4-11,13,27H,26H2,1-3H3,(H,28,30)(H,29,31)/b19-11-/t13-/m1/s1. The van der Waals surface area contributed by atoms with Gasteiger partial charge in [0.05, 0.1) is 17.3 Å². The lowest BCUT2D eigenvalue weighted by Crippen LogP contribution is -2.26. The summed E-state index contributed by atoms with van der Waals surface area (Å²) in [5.41, 5.74) is 12.5. The van der Waals surface area contributed by atoms with Crippen LogP contribution >= 0.6 is 11.6 Å². The number of nitrogen functional groups attached to an aromatic ring is 1. The Morgan fingerprint density at radius 3 is 2.65 bits per heavy atom. The molecule has 158 valence electrons. The molecule has 2 aromatic carbocycles. The Morgan fingerprint density at radius 2 is 1.97 bits per heavy atom. The van der Waals surface area contributed by atoms with E-state index < -0.39 is 0 Å². The van der Waals surface area contributed by atoms with Crippen molar-refractivity contribution >= 4 is 46.4 Å². The fourth-order valence-corrected chi connectivity index (χ4v) is 3.89. The molecule has 1 aliphatic rings. The summed E-state index contributed by atoms with van der Waals surface area (Å²) >= 11 is 6.06. The second-order valence-electron chi connectivity index (χ2n) is 7.73. The summed E-state index contributed by atoms with van der Waals surface area (Å²) < 4.78 is 0. The molecule has 0 radical (unpaired) electrons. The normalized spacial score (nSPS) is 15.0. The Bertz CT molecular complexity index is 1240. The largest absolute Gasteiger partial charge is 0.397 e. The molecular formula is C24H23ClN4O2. The third kappa shape index (κ3) is 3.94. The lowest BCUT2D eigenvalue weighted by Gasteiger charge is -2.15. The molecule has 1 aromatic heterocycles. The quantitative estimate of drug-likeness (QED) is 0.441. The number of nitrogens with two attached hydrogens (primary N) is 1. The van der Waals surface area contributed by atoms with E-state index in [0.29, 0.717) is 33.1 Å². The van der Waals surface area contributed by atoms with Crippen molar-refractivity contribution in [2.75, 3.05) is 11.1 Å². The van der Waals surface area contributed by atoms with E-state index in [-0.39, 0.29) is 17.9 Å². The second kappa shape index (κ2) is 7.96. The molecule has 4 rings (SSSR count). The van der Waals surface area contributed by atoms with Gasteiger partial charge in [-0.25, -0.2) is 0 Å². The Hall–Kier alpha value is -3.51. The lowest BCUT2D eigenvalue weighted by atomic mass is 10.0. The fraction of sp³-hybridized carbons (Fsp3) is 0.167. The molecule has 6 nitrogen and oxygen atoms in total. The molecule has 7 heteroatoms. The molecule has 2 amide bonds. The Kier molecular flexibility index (Phi) is 5.33. The number of rotatable bonds is 4. The monoisotopic (exact) mass is 434 g/mol. The summed E-state index contributed by atoms with van der Waals surface area (Å²) in [4.78, 5) is 28.7. The van der Waals surface area contributed by atoms with Crippen LogP contribution in [-0.4, -0.2) is 16.8 Å². The minimum atomic E-state index is -0.231. The van der Waals surface area contributed by atoms with Crippen molar-refractivity contribution in [3.63, 3.8) is 0 Å². The highest BCUT2D eigenvalue weighted by atomic mass is 35.5. The highest BCUT2D eigenvalue weighted by Gasteiger charge is 2.26. The molecule has 3 aromatic rings. The number of benzene rings is 2. The minimum absolute atomic E-state index is 0.218. The molecule has 0 spiro atoms. The van der Waals surface area contributed by atoms with E-state index in [4.69, 9.17) is 17.3 Å². The number of amides is 2. The molecule has 0 fully saturated rings. The summed E-state index contributed by atoms with van der Waals surface area (Å²) in [5.74, 6) is -0.449. The van der Waals surface area contributed by atoms with Crippen LogP contribution in [-0.2, 0) is 4.79 Å². The minimum Gasteiger partial charge on any atom is -0.397 e. The number of hydrogen-bond acceptors (Lipinski definition) is 3. The Balaban J connectivity index is 1.63. The first-order valence-electron chi connectivity index (χ1n) is 9.93. The average molecular weight is 435 g/mol. The van der Waals surface area contributed by atoms with E-state index in [1.165, 1.54) is 0 Å². The number of hydrogen-bond donors (Lipinski definition) is 4. The van der Waals surface area contributed by atoms with Crippen LogP contribution in [0.4, 0.5) is 11.4 Å². The summed E-state index contributed by atoms with van der Waals surface area (Å²) in [5, 5.41) is 6.45. The maximum atomic E-state index is 12.9. The molecule has 1 aliphatic heterocycles. The molecule has 1 atom stereocenters. The number of fused-ring (bicyclic) bond motifs is 1. The zero-order valence-electron chi connectivity index (χ0n) is 17.5. The number of anilines is 2. The number of halogens is 1. The fourth-order valence-electron chi connectivity index (χ4n) is 3.69. The van der Waals surface area contributed by atoms with E-state index in [9.17, 15) is 9.59 Å². The number of aryl methyl sites for hydroxylation is 1. The predicted octanol–water partition coefficient (Wildman–Crippen LogP) is 4.85. The van der Waals surface area contributed by atoms with Crippen molar-refractivity contribution in [2.45, 2.75) is 26.8 Å². The van der Waals surface area contributed by atoms with Gasteiger partial charge in [-0.05, 0) is 68.3 Å². The molecule has 0 saturated carbocycles. The first-order chi connectivity index (χ1) is 14.7. The van der Waals surface area contributed by atoms with Gasteiger partial charge < -0.3 is 21.4 Å². The van der Waals surface area contributed by atoms with Crippen LogP contribution in [0.25, 0.3) is 11.6 Å². The van der Waals surface area contributed by atoms with E-state index in [0.717, 1.165) is 22.5 Å². The van der Waals surface area contributed by atoms with Gasteiger partial charge in [0.1, 0.15) is 0 Å². The van der Waals surface area contributed by atoms with E-state index in [1.54, 1.807) is 30.3 Å². The predicted molar refractivity (Wildman–Crippen MR) is 125 cm³/mol. The maximum absolute atomic E-state index is 12.9. The molecule has 0 aliphatic carbocycles. The van der Waals surface area contributed by atoms with Crippen molar-refractivity contribution in [1.29, 1.82) is 0 Å². The van der Waals surface area contributed by atoms with E-state index >= 15 is 0 Å². The number of carbonyl (C=O) groups excluding carboxylic acids is 2. The number of H-pyrrole nitrogens is 1. The van der Waals surface area contributed by atoms with Gasteiger partial charge in [-0.2, -0.15) is 0 Å². The van der Waals surface area contributed by atoms with Crippen molar-refractivity contribution in [3.8, 4) is 0 Å². The third-order valence-corrected chi connectivity index (χ3v) is 5.82. The molecule has 2 heterocycles. The number of carbonyl (C=O) groups is 2. The molecule has 5 N–H and O–H groups in total. The number of aromatic amines is 1. The lowest BCUT2D eigenvalue weighted by molar-refractivity contribution is -0.110. The van der Waals surface area contributed by atoms with Gasteiger partial charge in [-0.1, -0.05) is 23.7 Å². The Morgan fingerprint density at radius 1 is 1.19 bits per heavy atom. The molecular weight excluding hydrogens is 412 g/mol. The van der Waals surface area contributed by atoms with Crippen LogP contribution < -0.4 is 16.4 Å². The summed E-state index contributed by atoms with van der Waals surface area (Å²) in [7, 11) is 0. The van der Waals surface area contributed by atoms with Crippen LogP contribution in [0.3, 0.4) is 0 Å². The summed E-state index contributed by atoms with van der Waals surface area (Å²) in [6.07, 6.45) is 1.77. The summed E-state index contributed by atoms with van der Waals surface area (Å²) in [6.45, 7) is 5.69. The zero-order chi connectivity index (χ0) is 22.3. The topological polar surface area (TPSA) is 100 Å². The van der Waals surface area contributed by atoms with E-state index in [1.807, 2.05) is 39.0 Å². The van der Waals surface area contributed by atoms with Crippen LogP contribution in [0.5, 0.6) is 0 Å². The van der Waals surface area contributed by atoms with Gasteiger partial charge in [0.25, 0.3) is 11.8 Å². The van der Waals surface area contributed by atoms with Gasteiger partial charge >= 0.3 is 0 Å². The van der Waals surface area contributed by atoms with Crippen LogP contribution in [0.2, 0.25) is 5.02 Å². The average Bonchev–Trinajstić information content (AvgIpc) is 3.18. The van der Waals surface area contributed by atoms with Crippen LogP contribution in [0.15, 0.2) is 42.5 Å². The number of nitrogens with one attached hydrogen (secondary N) is 3. The van der Waals surface area contributed by atoms with Gasteiger partial charge in [0.2, 0.25) is 0 Å². The maximum Gasteiger partial charge on any atom is 0.256 e. The first kappa shape index (κ1) is 20.8. The van der Waals surface area contributed by atoms with Crippen LogP contribution in [0.1, 0.15) is 51.4 Å². The van der Waals surface area contributed by atoms with Gasteiger partial charge in [-0.15, -0.1) is 0 Å². The van der Waals surface area contributed by atoms with Gasteiger partial charge in [0, 0.05) is 33.2 Å². The zero-order valence-corrected chi connectivity index (χ0v) is 18.2. The Labute approximate surface area is 185 Å². The van der Waals surface area contributed by atoms with E-state index in [2.05, 4.69) is 15.6 Å². The van der Waals surface area contributed by atoms with Gasteiger partial charge in [-0.3, -0.25) is 9.59 Å². The van der Waals surface area contributed by atoms with Crippen molar-refractivity contribution in [2.24, 2.45) is 0 Å². The summed E-state index contributed by atoms with van der Waals surface area (Å²) in [6, 6.07) is 12.3. The molecule has 0 saturated heterocycles. The highest BCUT2D eigenvalue weighted by Crippen LogP contribution is 2.35. The van der Waals surface area contributed by atoms with Gasteiger partial charge in [0.15, 0.2) is 0 Å². The third-order valence-electron chi connectivity index (χ3n) is 5.58. The molecule has 31 heavy (non-hydrogen) atoms. The highest BCUT2D eigenvalue weighted by molar-refractivity contribution is 6.35. The van der Waals surface area contributed by atoms with Crippen molar-refractivity contribution < 1.29 is 9.59 Å². The molecule has 0 bridgehead atoms. The van der Waals surface area contributed by atoms with Crippen molar-refractivity contribution in [1.82, 2.24) is 10.3 Å². The number of aromatic nitrogens is 1. The molecule has 0 unspecified atom stereocenters. The van der Waals surface area contributed by atoms with Crippen LogP contribution in [0, 0.1) is 13.8 Å². The van der Waals surface area contributed by atoms with Crippen molar-refractivity contribution in [3.05, 3.63) is 81.1 Å². The first-order valence-corrected chi connectivity index (χ1v) is 10.3. The SMILES string of the molecule is Cc1[nH]c(/C=C2\C(=O)Nc3ccc(C(=O)N[C@H](C)c4cccc(Cl)c4)cc32)c(C)c1N. The smallest absolute Gasteiger partial charge is 0.256 e. The second-order valence-corrected chi connectivity index (χ2v) is 8.16.